The number of anilines is 1. The minimum Gasteiger partial charge on any atom is -0.507 e. The fraction of sp³-hybridized carbons (Fsp3) is 0.0769. The van der Waals surface area contributed by atoms with Crippen LogP contribution < -0.4 is 10.2 Å². The fourth-order valence-corrected chi connectivity index (χ4v) is 1.93. The molecule has 0 unspecified atom stereocenters. The maximum atomic E-state index is 9.68. The zero-order chi connectivity index (χ0) is 14.5. The molecule has 0 amide bonds. The van der Waals surface area contributed by atoms with Crippen LogP contribution in [0, 0.1) is 0 Å². The summed E-state index contributed by atoms with van der Waals surface area (Å²) in [6, 6.07) is 7.92. The molecule has 2 rings (SSSR count). The summed E-state index contributed by atoms with van der Waals surface area (Å²) in [6.45, 7) is 0. The predicted molar refractivity (Wildman–Crippen MR) is 80.1 cm³/mol. The zero-order valence-electron chi connectivity index (χ0n) is 10.5. The van der Waals surface area contributed by atoms with Crippen LogP contribution in [-0.2, 0) is 0 Å². The third kappa shape index (κ3) is 3.76. The maximum Gasteiger partial charge on any atom is 0.149 e. The number of nitrogens with zero attached hydrogens (tertiary/aromatic N) is 2. The van der Waals surface area contributed by atoms with Crippen molar-refractivity contribution in [3.8, 4) is 11.5 Å². The molecule has 0 aliphatic rings. The first-order valence-electron chi connectivity index (χ1n) is 5.57. The van der Waals surface area contributed by atoms with Gasteiger partial charge in [-0.2, -0.15) is 5.10 Å². The first kappa shape index (κ1) is 14.4. The molecule has 2 aromatic rings. The Hall–Kier alpha value is -1.98. The van der Waals surface area contributed by atoms with Gasteiger partial charge in [-0.05, 0) is 24.3 Å². The van der Waals surface area contributed by atoms with E-state index in [0.29, 0.717) is 22.2 Å². The number of hydrogen-bond donors (Lipinski definition) is 2. The number of methoxy groups -OCH3 is 1. The first-order chi connectivity index (χ1) is 9.58. The quantitative estimate of drug-likeness (QED) is 0.515. The van der Waals surface area contributed by atoms with Gasteiger partial charge in [-0.1, -0.05) is 23.2 Å². The Labute approximate surface area is 125 Å². The molecule has 0 aliphatic heterocycles. The van der Waals surface area contributed by atoms with E-state index in [0.717, 1.165) is 0 Å². The van der Waals surface area contributed by atoms with Gasteiger partial charge in [0.2, 0.25) is 0 Å². The van der Waals surface area contributed by atoms with Gasteiger partial charge in [0.25, 0.3) is 0 Å². The first-order valence-corrected chi connectivity index (χ1v) is 6.33. The maximum absolute atomic E-state index is 9.68. The molecule has 0 aliphatic carbocycles. The Morgan fingerprint density at radius 3 is 2.80 bits per heavy atom. The lowest BCUT2D eigenvalue weighted by Crippen LogP contribution is -1.94. The minimum absolute atomic E-state index is 0.0911. The molecule has 7 heteroatoms. The molecule has 0 saturated carbocycles. The normalized spacial score (nSPS) is 10.8. The summed E-state index contributed by atoms with van der Waals surface area (Å²) in [5.74, 6) is 1.11. The number of hydrazone groups is 1. The molecule has 1 heterocycles. The summed E-state index contributed by atoms with van der Waals surface area (Å²) in [4.78, 5) is 3.99. The Balaban J connectivity index is 2.13. The molecule has 5 nitrogen and oxygen atoms in total. The molecule has 0 saturated heterocycles. The molecule has 0 atom stereocenters. The lowest BCUT2D eigenvalue weighted by atomic mass is 10.2. The van der Waals surface area contributed by atoms with Gasteiger partial charge in [0.15, 0.2) is 0 Å². The molecule has 0 fully saturated rings. The number of phenols is 1. The van der Waals surface area contributed by atoms with Gasteiger partial charge in [0.1, 0.15) is 22.5 Å². The predicted octanol–water partition coefficient (Wildman–Crippen LogP) is 3.55. The van der Waals surface area contributed by atoms with Crippen LogP contribution in [0.3, 0.4) is 0 Å². The zero-order valence-corrected chi connectivity index (χ0v) is 12.0. The van der Waals surface area contributed by atoms with Crippen LogP contribution in [0.15, 0.2) is 35.4 Å². The topological polar surface area (TPSA) is 66.7 Å². The van der Waals surface area contributed by atoms with Crippen molar-refractivity contribution >= 4 is 35.2 Å². The van der Waals surface area contributed by atoms with Crippen molar-refractivity contribution < 1.29 is 9.84 Å². The lowest BCUT2D eigenvalue weighted by Gasteiger charge is -2.03. The average molecular weight is 312 g/mol. The highest BCUT2D eigenvalue weighted by Crippen LogP contribution is 2.21. The lowest BCUT2D eigenvalue weighted by molar-refractivity contribution is 0.412. The Morgan fingerprint density at radius 1 is 1.30 bits per heavy atom. The molecule has 1 aromatic carbocycles. The van der Waals surface area contributed by atoms with Crippen LogP contribution in [0.1, 0.15) is 5.56 Å². The van der Waals surface area contributed by atoms with Crippen LogP contribution in [0.2, 0.25) is 10.2 Å². The highest BCUT2D eigenvalue weighted by molar-refractivity contribution is 6.34. The monoisotopic (exact) mass is 311 g/mol. The van der Waals surface area contributed by atoms with Crippen LogP contribution in [0.5, 0.6) is 11.5 Å². The van der Waals surface area contributed by atoms with Crippen molar-refractivity contribution in [3.63, 3.8) is 0 Å². The number of nitrogens with one attached hydrogen (secondary N) is 1. The summed E-state index contributed by atoms with van der Waals surface area (Å²) in [5.41, 5.74) is 3.18. The number of benzene rings is 1. The number of aromatic nitrogens is 1. The standard InChI is InChI=1S/C13H11Cl2N3O2/c1-20-10-2-3-11(19)8(4-10)7-16-18-13-6-9(14)5-12(15)17-13/h2-7,19H,1H3,(H,17,18)/b16-7+. The van der Waals surface area contributed by atoms with Crippen molar-refractivity contribution in [2.45, 2.75) is 0 Å². The second kappa shape index (κ2) is 6.45. The van der Waals surface area contributed by atoms with E-state index in [4.69, 9.17) is 27.9 Å². The molecule has 0 bridgehead atoms. The third-order valence-electron chi connectivity index (χ3n) is 2.38. The minimum atomic E-state index is 0.0911. The van der Waals surface area contributed by atoms with E-state index in [1.807, 2.05) is 0 Å². The summed E-state index contributed by atoms with van der Waals surface area (Å²) in [6.07, 6.45) is 1.44. The van der Waals surface area contributed by atoms with Gasteiger partial charge in [0, 0.05) is 16.7 Å². The van der Waals surface area contributed by atoms with Gasteiger partial charge < -0.3 is 9.84 Å². The number of ether oxygens (including phenoxy) is 1. The van der Waals surface area contributed by atoms with Gasteiger partial charge in [-0.15, -0.1) is 0 Å². The number of rotatable bonds is 4. The van der Waals surface area contributed by atoms with Crippen molar-refractivity contribution in [1.82, 2.24) is 4.98 Å². The molecule has 0 spiro atoms. The van der Waals surface area contributed by atoms with Crippen molar-refractivity contribution in [2.75, 3.05) is 12.5 Å². The summed E-state index contributed by atoms with van der Waals surface area (Å²) in [5, 5.41) is 14.4. The molecule has 2 N–H and O–H groups in total. The van der Waals surface area contributed by atoms with Gasteiger partial charge in [0.05, 0.1) is 13.3 Å². The van der Waals surface area contributed by atoms with Crippen molar-refractivity contribution in [2.24, 2.45) is 5.10 Å². The largest absolute Gasteiger partial charge is 0.507 e. The fourth-order valence-electron chi connectivity index (χ4n) is 1.45. The van der Waals surface area contributed by atoms with E-state index in [-0.39, 0.29) is 10.9 Å². The SMILES string of the molecule is COc1ccc(O)c(/C=N/Nc2cc(Cl)cc(Cl)n2)c1. The van der Waals surface area contributed by atoms with Gasteiger partial charge in [-0.3, -0.25) is 5.43 Å². The number of pyridine rings is 1. The van der Waals surface area contributed by atoms with Crippen LogP contribution in [-0.4, -0.2) is 23.4 Å². The Morgan fingerprint density at radius 2 is 2.10 bits per heavy atom. The van der Waals surface area contributed by atoms with E-state index in [1.54, 1.807) is 25.3 Å². The van der Waals surface area contributed by atoms with E-state index >= 15 is 0 Å². The van der Waals surface area contributed by atoms with Crippen LogP contribution >= 0.6 is 23.2 Å². The van der Waals surface area contributed by atoms with E-state index in [2.05, 4.69) is 15.5 Å². The number of phenolic OH excluding ortho intramolecular Hbond substituents is 1. The average Bonchev–Trinajstić information content (AvgIpc) is 2.40. The molecule has 20 heavy (non-hydrogen) atoms. The molecule has 0 radical (unpaired) electrons. The van der Waals surface area contributed by atoms with E-state index < -0.39 is 0 Å². The summed E-state index contributed by atoms with van der Waals surface area (Å²) >= 11 is 11.6. The second-order valence-corrected chi connectivity index (χ2v) is 4.61. The number of aromatic hydroxyl groups is 1. The summed E-state index contributed by atoms with van der Waals surface area (Å²) < 4.78 is 5.07. The smallest absolute Gasteiger partial charge is 0.149 e. The molecular formula is C13H11Cl2N3O2. The summed E-state index contributed by atoms with van der Waals surface area (Å²) in [7, 11) is 1.55. The van der Waals surface area contributed by atoms with Gasteiger partial charge >= 0.3 is 0 Å². The number of halogens is 2. The highest BCUT2D eigenvalue weighted by atomic mass is 35.5. The van der Waals surface area contributed by atoms with Crippen LogP contribution in [0.25, 0.3) is 0 Å². The molecule has 104 valence electrons. The van der Waals surface area contributed by atoms with E-state index in [1.165, 1.54) is 18.3 Å². The molecule has 1 aromatic heterocycles. The van der Waals surface area contributed by atoms with Crippen LogP contribution in [0.4, 0.5) is 5.82 Å². The van der Waals surface area contributed by atoms with Gasteiger partial charge in [-0.25, -0.2) is 4.98 Å². The van der Waals surface area contributed by atoms with Crippen molar-refractivity contribution in [1.29, 1.82) is 0 Å². The molecular weight excluding hydrogens is 301 g/mol. The Kier molecular flexibility index (Phi) is 4.65. The van der Waals surface area contributed by atoms with Crippen molar-refractivity contribution in [3.05, 3.63) is 46.1 Å². The second-order valence-electron chi connectivity index (χ2n) is 3.79. The Bertz CT molecular complexity index is 627. The third-order valence-corrected chi connectivity index (χ3v) is 2.79. The number of hydrogen-bond acceptors (Lipinski definition) is 5. The van der Waals surface area contributed by atoms with E-state index in [9.17, 15) is 5.11 Å². The highest BCUT2D eigenvalue weighted by Gasteiger charge is 2.01.